The molecule has 1 aromatic heterocycles. The van der Waals surface area contributed by atoms with Crippen molar-refractivity contribution in [3.63, 3.8) is 0 Å². The third-order valence-corrected chi connectivity index (χ3v) is 1.43. The molecule has 0 fully saturated rings. The highest BCUT2D eigenvalue weighted by Gasteiger charge is 2.02. The summed E-state index contributed by atoms with van der Waals surface area (Å²) in [4.78, 5) is 11.5. The zero-order chi connectivity index (χ0) is 10.4. The fourth-order valence-electron chi connectivity index (χ4n) is 0.822. The van der Waals surface area contributed by atoms with Crippen LogP contribution in [-0.2, 0) is 0 Å². The van der Waals surface area contributed by atoms with Crippen LogP contribution in [0.1, 0.15) is 6.42 Å². The molecule has 0 spiro atoms. The van der Waals surface area contributed by atoms with Crippen LogP contribution in [-0.4, -0.2) is 40.3 Å². The van der Waals surface area contributed by atoms with Crippen LogP contribution in [0.3, 0.4) is 0 Å². The normalized spacial score (nSPS) is 9.86. The number of methoxy groups -OCH3 is 1. The van der Waals surface area contributed by atoms with Gasteiger partial charge < -0.3 is 20.9 Å². The second kappa shape index (κ2) is 5.18. The van der Waals surface area contributed by atoms with Crippen molar-refractivity contribution in [1.29, 1.82) is 0 Å². The van der Waals surface area contributed by atoms with Crippen LogP contribution in [0.15, 0.2) is 0 Å². The summed E-state index contributed by atoms with van der Waals surface area (Å²) < 4.78 is 4.81. The van der Waals surface area contributed by atoms with Crippen molar-refractivity contribution in [3.8, 4) is 6.01 Å². The molecule has 0 amide bonds. The first-order chi connectivity index (χ1) is 6.76. The van der Waals surface area contributed by atoms with Gasteiger partial charge in [0.1, 0.15) is 0 Å². The Morgan fingerprint density at radius 2 is 2.21 bits per heavy atom. The van der Waals surface area contributed by atoms with Crippen molar-refractivity contribution < 1.29 is 9.84 Å². The third-order valence-electron chi connectivity index (χ3n) is 1.43. The number of anilines is 2. The standard InChI is InChI=1S/C7H13N5O2/c1-14-7-11-5(8)10-6(12-7)9-3-2-4-13/h13H,2-4H2,1H3,(H3,8,9,10,11,12). The molecule has 7 heteroatoms. The molecule has 0 aliphatic heterocycles. The molecule has 4 N–H and O–H groups in total. The Balaban J connectivity index is 2.62. The predicted octanol–water partition coefficient (Wildman–Crippen LogP) is -0.743. The monoisotopic (exact) mass is 199 g/mol. The summed E-state index contributed by atoms with van der Waals surface area (Å²) in [5.74, 6) is 0.450. The van der Waals surface area contributed by atoms with Crippen molar-refractivity contribution in [3.05, 3.63) is 0 Å². The summed E-state index contributed by atoms with van der Waals surface area (Å²) in [6, 6.07) is 0.170. The number of aromatic nitrogens is 3. The summed E-state index contributed by atoms with van der Waals surface area (Å²) >= 11 is 0. The summed E-state index contributed by atoms with van der Waals surface area (Å²) in [6.07, 6.45) is 0.619. The van der Waals surface area contributed by atoms with Gasteiger partial charge in [-0.1, -0.05) is 0 Å². The number of nitrogens with two attached hydrogens (primary N) is 1. The summed E-state index contributed by atoms with van der Waals surface area (Å²) in [5, 5.41) is 11.4. The van der Waals surface area contributed by atoms with Gasteiger partial charge in [0.2, 0.25) is 11.9 Å². The minimum atomic E-state index is 0.100. The highest BCUT2D eigenvalue weighted by Crippen LogP contribution is 2.07. The topological polar surface area (TPSA) is 106 Å². The first-order valence-corrected chi connectivity index (χ1v) is 4.16. The average Bonchev–Trinajstić information content (AvgIpc) is 2.17. The van der Waals surface area contributed by atoms with Gasteiger partial charge in [-0.15, -0.1) is 0 Å². The Hall–Kier alpha value is -1.63. The lowest BCUT2D eigenvalue weighted by molar-refractivity contribution is 0.292. The van der Waals surface area contributed by atoms with Crippen molar-refractivity contribution in [2.75, 3.05) is 31.3 Å². The number of rotatable bonds is 5. The minimum absolute atomic E-state index is 0.100. The maximum atomic E-state index is 8.56. The molecule has 78 valence electrons. The second-order valence-corrected chi connectivity index (χ2v) is 2.51. The van der Waals surface area contributed by atoms with E-state index in [1.165, 1.54) is 7.11 Å². The highest BCUT2D eigenvalue weighted by molar-refractivity contribution is 5.32. The number of nitrogen functional groups attached to an aromatic ring is 1. The predicted molar refractivity (Wildman–Crippen MR) is 51.0 cm³/mol. The maximum Gasteiger partial charge on any atom is 0.322 e. The van der Waals surface area contributed by atoms with E-state index < -0.39 is 0 Å². The molecule has 1 heterocycles. The number of nitrogens with zero attached hydrogens (tertiary/aromatic N) is 3. The first-order valence-electron chi connectivity index (χ1n) is 4.16. The minimum Gasteiger partial charge on any atom is -0.467 e. The van der Waals surface area contributed by atoms with Crippen molar-refractivity contribution >= 4 is 11.9 Å². The van der Waals surface area contributed by atoms with Crippen LogP contribution in [0.25, 0.3) is 0 Å². The number of nitrogens with one attached hydrogen (secondary N) is 1. The first kappa shape index (κ1) is 10.5. The fourth-order valence-corrected chi connectivity index (χ4v) is 0.822. The molecule has 0 aromatic carbocycles. The second-order valence-electron chi connectivity index (χ2n) is 2.51. The van der Waals surface area contributed by atoms with Gasteiger partial charge in [0, 0.05) is 13.2 Å². The Morgan fingerprint density at radius 1 is 1.43 bits per heavy atom. The Morgan fingerprint density at radius 3 is 2.86 bits per heavy atom. The van der Waals surface area contributed by atoms with Crippen LogP contribution < -0.4 is 15.8 Å². The van der Waals surface area contributed by atoms with Gasteiger partial charge in [0.25, 0.3) is 0 Å². The third kappa shape index (κ3) is 3.02. The van der Waals surface area contributed by atoms with Crippen LogP contribution in [0.5, 0.6) is 6.01 Å². The van der Waals surface area contributed by atoms with Crippen LogP contribution in [0.2, 0.25) is 0 Å². The van der Waals surface area contributed by atoms with Crippen molar-refractivity contribution in [2.24, 2.45) is 0 Å². The van der Waals surface area contributed by atoms with E-state index in [0.717, 1.165) is 0 Å². The lowest BCUT2D eigenvalue weighted by Crippen LogP contribution is -2.10. The molecule has 7 nitrogen and oxygen atoms in total. The summed E-state index contributed by atoms with van der Waals surface area (Å²) in [7, 11) is 1.45. The van der Waals surface area contributed by atoms with E-state index in [4.69, 9.17) is 15.6 Å². The SMILES string of the molecule is COc1nc(N)nc(NCCCO)n1. The summed E-state index contributed by atoms with van der Waals surface area (Å²) in [5.41, 5.74) is 5.41. The molecule has 0 aliphatic rings. The number of aliphatic hydroxyl groups excluding tert-OH is 1. The van der Waals surface area contributed by atoms with Gasteiger partial charge in [-0.2, -0.15) is 15.0 Å². The highest BCUT2D eigenvalue weighted by atomic mass is 16.5. The van der Waals surface area contributed by atoms with E-state index in [1.54, 1.807) is 0 Å². The molecule has 0 atom stereocenters. The van der Waals surface area contributed by atoms with Crippen molar-refractivity contribution in [1.82, 2.24) is 15.0 Å². The van der Waals surface area contributed by atoms with E-state index in [9.17, 15) is 0 Å². The van der Waals surface area contributed by atoms with Crippen LogP contribution in [0, 0.1) is 0 Å². The molecule has 0 bridgehead atoms. The van der Waals surface area contributed by atoms with Crippen molar-refractivity contribution in [2.45, 2.75) is 6.42 Å². The lowest BCUT2D eigenvalue weighted by atomic mass is 10.4. The molecule has 1 aromatic rings. The zero-order valence-electron chi connectivity index (χ0n) is 7.90. The molecule has 1 rings (SSSR count). The Kier molecular flexibility index (Phi) is 3.86. The smallest absolute Gasteiger partial charge is 0.322 e. The molecule has 0 radical (unpaired) electrons. The Labute approximate surface area is 81.3 Å². The maximum absolute atomic E-state index is 8.56. The molecular weight excluding hydrogens is 186 g/mol. The molecule has 0 unspecified atom stereocenters. The van der Waals surface area contributed by atoms with E-state index in [0.29, 0.717) is 18.9 Å². The number of hydrogen-bond donors (Lipinski definition) is 3. The molecule has 0 saturated heterocycles. The number of hydrogen-bond acceptors (Lipinski definition) is 7. The van der Waals surface area contributed by atoms with E-state index >= 15 is 0 Å². The van der Waals surface area contributed by atoms with Gasteiger partial charge in [-0.25, -0.2) is 0 Å². The van der Waals surface area contributed by atoms with Gasteiger partial charge in [-0.3, -0.25) is 0 Å². The quantitative estimate of drug-likeness (QED) is 0.536. The zero-order valence-corrected chi connectivity index (χ0v) is 7.90. The van der Waals surface area contributed by atoms with E-state index in [-0.39, 0.29) is 18.6 Å². The average molecular weight is 199 g/mol. The molecular formula is C7H13N5O2. The number of aliphatic hydroxyl groups is 1. The van der Waals surface area contributed by atoms with Gasteiger partial charge >= 0.3 is 6.01 Å². The Bertz CT molecular complexity index is 293. The number of ether oxygens (including phenoxy) is 1. The largest absolute Gasteiger partial charge is 0.467 e. The lowest BCUT2D eigenvalue weighted by Gasteiger charge is -2.04. The van der Waals surface area contributed by atoms with Gasteiger partial charge in [-0.05, 0) is 6.42 Å². The molecule has 14 heavy (non-hydrogen) atoms. The van der Waals surface area contributed by atoms with Crippen LogP contribution in [0.4, 0.5) is 11.9 Å². The van der Waals surface area contributed by atoms with Crippen LogP contribution >= 0.6 is 0 Å². The molecule has 0 aliphatic carbocycles. The van der Waals surface area contributed by atoms with E-state index in [2.05, 4.69) is 20.3 Å². The van der Waals surface area contributed by atoms with Gasteiger partial charge in [0.15, 0.2) is 0 Å². The molecule has 0 saturated carbocycles. The fraction of sp³-hybridized carbons (Fsp3) is 0.571. The summed E-state index contributed by atoms with van der Waals surface area (Å²) in [6.45, 7) is 0.688. The van der Waals surface area contributed by atoms with Gasteiger partial charge in [0.05, 0.1) is 7.11 Å². The van der Waals surface area contributed by atoms with E-state index in [1.807, 2.05) is 0 Å².